The molecule has 0 unspecified atom stereocenters. The van der Waals surface area contributed by atoms with Crippen molar-refractivity contribution in [2.75, 3.05) is 33.8 Å². The third-order valence-corrected chi connectivity index (χ3v) is 4.23. The van der Waals surface area contributed by atoms with Gasteiger partial charge >= 0.3 is 0 Å². The minimum Gasteiger partial charge on any atom is -0.373 e. The van der Waals surface area contributed by atoms with Crippen LogP contribution >= 0.6 is 0 Å². The summed E-state index contributed by atoms with van der Waals surface area (Å²) in [6.07, 6.45) is 5.86. The summed E-state index contributed by atoms with van der Waals surface area (Å²) in [5.74, 6) is -0.978. The molecule has 1 saturated heterocycles. The van der Waals surface area contributed by atoms with Crippen LogP contribution in [0.15, 0.2) is 30.9 Å². The Morgan fingerprint density at radius 1 is 1.44 bits per heavy atom. The Balaban J connectivity index is 1.97. The molecule has 0 bridgehead atoms. The van der Waals surface area contributed by atoms with E-state index in [4.69, 9.17) is 4.74 Å². The summed E-state index contributed by atoms with van der Waals surface area (Å²) in [5, 5.41) is 4.21. The molecule has 3 heterocycles. The van der Waals surface area contributed by atoms with Crippen LogP contribution in [0, 0.1) is 5.82 Å². The van der Waals surface area contributed by atoms with Crippen LogP contribution in [-0.4, -0.2) is 70.4 Å². The molecule has 2 aromatic heterocycles. The van der Waals surface area contributed by atoms with Gasteiger partial charge in [0, 0.05) is 38.1 Å². The van der Waals surface area contributed by atoms with Gasteiger partial charge in [-0.3, -0.25) is 14.5 Å². The number of amides is 1. The van der Waals surface area contributed by atoms with Crippen molar-refractivity contribution < 1.29 is 13.9 Å². The maximum absolute atomic E-state index is 14.1. The van der Waals surface area contributed by atoms with Crippen molar-refractivity contribution in [2.45, 2.75) is 12.1 Å². The van der Waals surface area contributed by atoms with E-state index in [0.29, 0.717) is 19.7 Å². The van der Waals surface area contributed by atoms with Crippen LogP contribution in [-0.2, 0) is 11.8 Å². The fourth-order valence-corrected chi connectivity index (χ4v) is 3.16. The number of pyridine rings is 1. The number of carbonyl (C=O) groups is 1. The minimum atomic E-state index is -0.618. The Labute approximate surface area is 146 Å². The Bertz CT molecular complexity index is 748. The van der Waals surface area contributed by atoms with E-state index in [0.717, 1.165) is 11.8 Å². The predicted molar refractivity (Wildman–Crippen MR) is 89.5 cm³/mol. The van der Waals surface area contributed by atoms with E-state index in [2.05, 4.69) is 10.1 Å². The number of morpholine rings is 1. The van der Waals surface area contributed by atoms with E-state index in [1.807, 2.05) is 32.2 Å². The first kappa shape index (κ1) is 17.5. The van der Waals surface area contributed by atoms with Crippen LogP contribution in [0.5, 0.6) is 0 Å². The zero-order valence-corrected chi connectivity index (χ0v) is 14.6. The molecule has 134 valence electrons. The number of carbonyl (C=O) groups excluding carboxylic acids is 1. The van der Waals surface area contributed by atoms with Crippen LogP contribution in [0.25, 0.3) is 0 Å². The largest absolute Gasteiger partial charge is 0.373 e. The van der Waals surface area contributed by atoms with Gasteiger partial charge in [-0.25, -0.2) is 4.39 Å². The molecule has 0 aliphatic carbocycles. The summed E-state index contributed by atoms with van der Waals surface area (Å²) < 4.78 is 21.7. The SMILES string of the molecule is CN(C)C[C@@H]1OCCN(C(=O)c2ccncc2F)[C@H]1c1cnn(C)c1. The average molecular weight is 347 g/mol. The summed E-state index contributed by atoms with van der Waals surface area (Å²) in [6.45, 7) is 1.44. The van der Waals surface area contributed by atoms with Gasteiger partial charge in [0.2, 0.25) is 0 Å². The lowest BCUT2D eigenvalue weighted by Gasteiger charge is -2.41. The van der Waals surface area contributed by atoms with E-state index in [1.54, 1.807) is 15.8 Å². The van der Waals surface area contributed by atoms with Crippen LogP contribution in [0.2, 0.25) is 0 Å². The number of ether oxygens (including phenoxy) is 1. The number of hydrogen-bond acceptors (Lipinski definition) is 5. The third-order valence-electron chi connectivity index (χ3n) is 4.23. The molecule has 25 heavy (non-hydrogen) atoms. The molecule has 0 radical (unpaired) electrons. The maximum Gasteiger partial charge on any atom is 0.257 e. The highest BCUT2D eigenvalue weighted by molar-refractivity contribution is 5.94. The van der Waals surface area contributed by atoms with Crippen LogP contribution in [0.3, 0.4) is 0 Å². The molecule has 7 nitrogen and oxygen atoms in total. The van der Waals surface area contributed by atoms with E-state index < -0.39 is 5.82 Å². The van der Waals surface area contributed by atoms with Crippen LogP contribution < -0.4 is 0 Å². The molecule has 3 rings (SSSR count). The number of rotatable bonds is 4. The Kier molecular flexibility index (Phi) is 5.10. The van der Waals surface area contributed by atoms with Crippen molar-refractivity contribution in [2.24, 2.45) is 7.05 Å². The first-order valence-corrected chi connectivity index (χ1v) is 8.12. The molecular weight excluding hydrogens is 325 g/mol. The van der Waals surface area contributed by atoms with Gasteiger partial charge in [0.1, 0.15) is 0 Å². The van der Waals surface area contributed by atoms with Crippen molar-refractivity contribution in [1.82, 2.24) is 24.6 Å². The number of aromatic nitrogens is 3. The highest BCUT2D eigenvalue weighted by Gasteiger charge is 2.38. The predicted octanol–water partition coefficient (Wildman–Crippen LogP) is 1.10. The summed E-state index contributed by atoms with van der Waals surface area (Å²) in [4.78, 5) is 20.4. The molecule has 8 heteroatoms. The van der Waals surface area contributed by atoms with Gasteiger partial charge in [0.15, 0.2) is 5.82 Å². The number of halogens is 1. The van der Waals surface area contributed by atoms with Crippen LogP contribution in [0.4, 0.5) is 4.39 Å². The fraction of sp³-hybridized carbons (Fsp3) is 0.471. The summed E-state index contributed by atoms with van der Waals surface area (Å²) in [5.41, 5.74) is 0.895. The minimum absolute atomic E-state index is 0.0226. The van der Waals surface area contributed by atoms with Gasteiger partial charge in [-0.2, -0.15) is 5.10 Å². The molecule has 0 spiro atoms. The molecular formula is C17H22FN5O2. The normalized spacial score (nSPS) is 20.9. The van der Waals surface area contributed by atoms with Gasteiger partial charge in [-0.15, -0.1) is 0 Å². The van der Waals surface area contributed by atoms with E-state index >= 15 is 0 Å². The Morgan fingerprint density at radius 2 is 2.24 bits per heavy atom. The first-order valence-electron chi connectivity index (χ1n) is 8.12. The van der Waals surface area contributed by atoms with Crippen molar-refractivity contribution >= 4 is 5.91 Å². The molecule has 2 aromatic rings. The molecule has 1 aliphatic heterocycles. The van der Waals surface area contributed by atoms with Crippen molar-refractivity contribution in [3.05, 3.63) is 47.8 Å². The fourth-order valence-electron chi connectivity index (χ4n) is 3.16. The standard InChI is InChI=1S/C17H22FN5O2/c1-21(2)11-15-16(12-8-20-22(3)10-12)23(6-7-25-15)17(24)13-4-5-19-9-14(13)18/h4-5,8-10,15-16H,6-7,11H2,1-3H3/t15-,16-/m0/s1. The average Bonchev–Trinajstić information content (AvgIpc) is 3.00. The van der Waals surface area contributed by atoms with E-state index in [9.17, 15) is 9.18 Å². The van der Waals surface area contributed by atoms with Crippen molar-refractivity contribution in [1.29, 1.82) is 0 Å². The summed E-state index contributed by atoms with van der Waals surface area (Å²) in [7, 11) is 5.72. The second kappa shape index (κ2) is 7.28. The number of aryl methyl sites for hydroxylation is 1. The monoisotopic (exact) mass is 347 g/mol. The second-order valence-electron chi connectivity index (χ2n) is 6.42. The molecule has 1 fully saturated rings. The van der Waals surface area contributed by atoms with Gasteiger partial charge in [0.25, 0.3) is 5.91 Å². The highest BCUT2D eigenvalue weighted by atomic mass is 19.1. The highest BCUT2D eigenvalue weighted by Crippen LogP contribution is 2.31. The molecule has 1 aliphatic rings. The van der Waals surface area contributed by atoms with Gasteiger partial charge in [0.05, 0.1) is 36.7 Å². The topological polar surface area (TPSA) is 63.5 Å². The lowest BCUT2D eigenvalue weighted by molar-refractivity contribution is -0.0685. The summed E-state index contributed by atoms with van der Waals surface area (Å²) >= 11 is 0. The molecule has 2 atom stereocenters. The number of likely N-dealkylation sites (N-methyl/N-ethyl adjacent to an activating group) is 1. The summed E-state index contributed by atoms with van der Waals surface area (Å²) in [6, 6.07) is 1.08. The maximum atomic E-state index is 14.1. The first-order chi connectivity index (χ1) is 12.0. The van der Waals surface area contributed by atoms with Crippen molar-refractivity contribution in [3.8, 4) is 0 Å². The molecule has 1 amide bonds. The van der Waals surface area contributed by atoms with Gasteiger partial charge < -0.3 is 14.5 Å². The molecule has 0 aromatic carbocycles. The number of hydrogen-bond donors (Lipinski definition) is 0. The van der Waals surface area contributed by atoms with Gasteiger partial charge in [-0.1, -0.05) is 0 Å². The molecule has 0 saturated carbocycles. The zero-order chi connectivity index (χ0) is 18.0. The Hall–Kier alpha value is -2.32. The third kappa shape index (κ3) is 3.69. The lowest BCUT2D eigenvalue weighted by atomic mass is 9.99. The zero-order valence-electron chi connectivity index (χ0n) is 14.6. The van der Waals surface area contributed by atoms with Gasteiger partial charge in [-0.05, 0) is 20.2 Å². The van der Waals surface area contributed by atoms with E-state index in [1.165, 1.54) is 12.3 Å². The van der Waals surface area contributed by atoms with Crippen LogP contribution in [0.1, 0.15) is 22.0 Å². The van der Waals surface area contributed by atoms with E-state index in [-0.39, 0.29) is 23.6 Å². The quantitative estimate of drug-likeness (QED) is 0.829. The molecule has 0 N–H and O–H groups in total. The lowest BCUT2D eigenvalue weighted by Crippen LogP contribution is -2.51. The van der Waals surface area contributed by atoms with Crippen molar-refractivity contribution in [3.63, 3.8) is 0 Å². The number of nitrogens with zero attached hydrogens (tertiary/aromatic N) is 5. The smallest absolute Gasteiger partial charge is 0.257 e. The Morgan fingerprint density at radius 3 is 2.88 bits per heavy atom. The second-order valence-corrected chi connectivity index (χ2v) is 6.42.